The van der Waals surface area contributed by atoms with E-state index in [9.17, 15) is 8.42 Å². The van der Waals surface area contributed by atoms with Crippen molar-refractivity contribution < 1.29 is 8.42 Å². The molecule has 1 saturated heterocycles. The third kappa shape index (κ3) is 2.97. The number of rotatable bonds is 4. The molecule has 0 bridgehead atoms. The van der Waals surface area contributed by atoms with Crippen LogP contribution in [-0.2, 0) is 10.0 Å². The minimum absolute atomic E-state index is 0.325. The second-order valence-corrected chi connectivity index (χ2v) is 7.21. The predicted molar refractivity (Wildman–Crippen MR) is 81.3 cm³/mol. The van der Waals surface area contributed by atoms with E-state index in [4.69, 9.17) is 5.73 Å². The van der Waals surface area contributed by atoms with Crippen LogP contribution in [0.4, 0.5) is 5.69 Å². The van der Waals surface area contributed by atoms with Gasteiger partial charge in [0.05, 0.1) is 5.69 Å². The highest BCUT2D eigenvalue weighted by molar-refractivity contribution is 7.89. The van der Waals surface area contributed by atoms with Crippen molar-refractivity contribution in [2.75, 3.05) is 25.0 Å². The molecule has 20 heavy (non-hydrogen) atoms. The predicted octanol–water partition coefficient (Wildman–Crippen LogP) is 1.16. The van der Waals surface area contributed by atoms with Crippen molar-refractivity contribution in [3.8, 4) is 0 Å². The highest BCUT2D eigenvalue weighted by Crippen LogP contribution is 2.31. The lowest BCUT2D eigenvalue weighted by Crippen LogP contribution is -2.44. The van der Waals surface area contributed by atoms with Gasteiger partial charge in [0.2, 0.25) is 10.0 Å². The van der Waals surface area contributed by atoms with Gasteiger partial charge in [0.25, 0.3) is 0 Å². The molecule has 1 heterocycles. The second kappa shape index (κ2) is 6.11. The summed E-state index contributed by atoms with van der Waals surface area (Å²) in [5.74, 6) is 0.427. The van der Waals surface area contributed by atoms with Gasteiger partial charge >= 0.3 is 0 Å². The molecule has 1 aliphatic rings. The Morgan fingerprint density at radius 2 is 2.05 bits per heavy atom. The molecule has 5 nitrogen and oxygen atoms in total. The van der Waals surface area contributed by atoms with Crippen LogP contribution >= 0.6 is 0 Å². The Labute approximate surface area is 121 Å². The molecule has 0 saturated carbocycles. The van der Waals surface area contributed by atoms with Gasteiger partial charge in [-0.3, -0.25) is 0 Å². The molecule has 0 radical (unpaired) electrons. The standard InChI is InChI=1S/C14H23N3O2S/c1-11-7-8-12(9-15)10-17(11)13-5-3-4-6-14(13)20(18,19)16-2/h3-6,11-12,16H,7-10,15H2,1-2H3. The molecule has 112 valence electrons. The Kier molecular flexibility index (Phi) is 4.67. The van der Waals surface area contributed by atoms with Crippen LogP contribution in [0.1, 0.15) is 19.8 Å². The zero-order valence-corrected chi connectivity index (χ0v) is 12.9. The molecule has 0 spiro atoms. The summed E-state index contributed by atoms with van der Waals surface area (Å²) in [6.07, 6.45) is 2.14. The Hall–Kier alpha value is -1.11. The van der Waals surface area contributed by atoms with E-state index in [1.807, 2.05) is 12.1 Å². The zero-order chi connectivity index (χ0) is 14.8. The monoisotopic (exact) mass is 297 g/mol. The lowest BCUT2D eigenvalue weighted by molar-refractivity contribution is 0.372. The molecule has 3 N–H and O–H groups in total. The molecule has 1 aromatic carbocycles. The Bertz CT molecular complexity index is 559. The molecular weight excluding hydrogens is 274 g/mol. The van der Waals surface area contributed by atoms with Gasteiger partial charge in [0.1, 0.15) is 4.90 Å². The molecular formula is C14H23N3O2S. The Morgan fingerprint density at radius 1 is 1.35 bits per heavy atom. The van der Waals surface area contributed by atoms with Gasteiger partial charge in [-0.1, -0.05) is 12.1 Å². The average Bonchev–Trinajstić information content (AvgIpc) is 2.48. The fourth-order valence-electron chi connectivity index (χ4n) is 2.74. The minimum atomic E-state index is -3.45. The first-order valence-electron chi connectivity index (χ1n) is 6.99. The van der Waals surface area contributed by atoms with Crippen LogP contribution in [0.3, 0.4) is 0 Å². The summed E-state index contributed by atoms with van der Waals surface area (Å²) in [6, 6.07) is 7.48. The van der Waals surface area contributed by atoms with Gasteiger partial charge in [-0.25, -0.2) is 13.1 Å². The average molecular weight is 297 g/mol. The third-order valence-electron chi connectivity index (χ3n) is 4.05. The molecule has 0 amide bonds. The normalized spacial score (nSPS) is 23.9. The molecule has 0 aliphatic carbocycles. The maximum Gasteiger partial charge on any atom is 0.242 e. The number of nitrogens with one attached hydrogen (secondary N) is 1. The van der Waals surface area contributed by atoms with Crippen LogP contribution < -0.4 is 15.4 Å². The summed E-state index contributed by atoms with van der Waals surface area (Å²) < 4.78 is 26.7. The Morgan fingerprint density at radius 3 is 2.70 bits per heavy atom. The molecule has 1 aromatic rings. The van der Waals surface area contributed by atoms with Crippen molar-refractivity contribution in [1.29, 1.82) is 0 Å². The summed E-state index contributed by atoms with van der Waals surface area (Å²) >= 11 is 0. The third-order valence-corrected chi connectivity index (χ3v) is 5.51. The van der Waals surface area contributed by atoms with Gasteiger partial charge in [0.15, 0.2) is 0 Å². The van der Waals surface area contributed by atoms with Crippen molar-refractivity contribution >= 4 is 15.7 Å². The number of hydrogen-bond donors (Lipinski definition) is 2. The van der Waals surface area contributed by atoms with Crippen molar-refractivity contribution in [1.82, 2.24) is 4.72 Å². The number of nitrogens with zero attached hydrogens (tertiary/aromatic N) is 1. The van der Waals surface area contributed by atoms with Crippen LogP contribution in [-0.4, -0.2) is 34.6 Å². The fraction of sp³-hybridized carbons (Fsp3) is 0.571. The van der Waals surface area contributed by atoms with Gasteiger partial charge in [-0.2, -0.15) is 0 Å². The van der Waals surface area contributed by atoms with Crippen molar-refractivity contribution in [3.05, 3.63) is 24.3 Å². The second-order valence-electron chi connectivity index (χ2n) is 5.36. The highest BCUT2D eigenvalue weighted by Gasteiger charge is 2.28. The smallest absolute Gasteiger partial charge is 0.242 e. The van der Waals surface area contributed by atoms with Crippen molar-refractivity contribution in [3.63, 3.8) is 0 Å². The summed E-state index contributed by atoms with van der Waals surface area (Å²) in [4.78, 5) is 2.51. The first-order chi connectivity index (χ1) is 9.49. The summed E-state index contributed by atoms with van der Waals surface area (Å²) in [6.45, 7) is 3.59. The molecule has 2 unspecified atom stereocenters. The van der Waals surface area contributed by atoms with Gasteiger partial charge in [-0.05, 0) is 51.4 Å². The topological polar surface area (TPSA) is 75.4 Å². The summed E-state index contributed by atoms with van der Waals surface area (Å²) in [5.41, 5.74) is 6.55. The van der Waals surface area contributed by atoms with Crippen LogP contribution in [0.15, 0.2) is 29.2 Å². The largest absolute Gasteiger partial charge is 0.367 e. The first kappa shape index (κ1) is 15.3. The quantitative estimate of drug-likeness (QED) is 0.874. The maximum absolute atomic E-state index is 12.2. The van der Waals surface area contributed by atoms with Crippen LogP contribution in [0.5, 0.6) is 0 Å². The zero-order valence-electron chi connectivity index (χ0n) is 12.0. The number of piperidine rings is 1. The van der Waals surface area contributed by atoms with Crippen molar-refractivity contribution in [2.45, 2.75) is 30.7 Å². The number of para-hydroxylation sites is 1. The van der Waals surface area contributed by atoms with E-state index in [1.54, 1.807) is 12.1 Å². The molecule has 2 rings (SSSR count). The van der Waals surface area contributed by atoms with Gasteiger partial charge in [0, 0.05) is 12.6 Å². The SMILES string of the molecule is CNS(=O)(=O)c1ccccc1N1CC(CN)CCC1C. The van der Waals surface area contributed by atoms with Crippen molar-refractivity contribution in [2.24, 2.45) is 11.7 Å². The van der Waals surface area contributed by atoms with Crippen LogP contribution in [0.25, 0.3) is 0 Å². The van der Waals surface area contributed by atoms with Crippen LogP contribution in [0.2, 0.25) is 0 Å². The lowest BCUT2D eigenvalue weighted by atomic mass is 9.93. The lowest BCUT2D eigenvalue weighted by Gasteiger charge is -2.40. The first-order valence-corrected chi connectivity index (χ1v) is 8.47. The van der Waals surface area contributed by atoms with E-state index < -0.39 is 10.0 Å². The maximum atomic E-state index is 12.2. The van der Waals surface area contributed by atoms with E-state index >= 15 is 0 Å². The van der Waals surface area contributed by atoms with Gasteiger partial charge < -0.3 is 10.6 Å². The van der Waals surface area contributed by atoms with E-state index in [1.165, 1.54) is 7.05 Å². The van der Waals surface area contributed by atoms with Gasteiger partial charge in [-0.15, -0.1) is 0 Å². The number of anilines is 1. The Balaban J connectivity index is 2.41. The molecule has 2 atom stereocenters. The van der Waals surface area contributed by atoms with E-state index in [0.717, 1.165) is 25.1 Å². The van der Waals surface area contributed by atoms with E-state index in [-0.39, 0.29) is 0 Å². The molecule has 1 fully saturated rings. The molecule has 6 heteroatoms. The summed E-state index contributed by atoms with van der Waals surface area (Å²) in [5, 5.41) is 0. The van der Waals surface area contributed by atoms with E-state index in [0.29, 0.717) is 23.4 Å². The van der Waals surface area contributed by atoms with E-state index in [2.05, 4.69) is 16.5 Å². The number of hydrogen-bond acceptors (Lipinski definition) is 4. The summed E-state index contributed by atoms with van der Waals surface area (Å²) in [7, 11) is -2.01. The highest BCUT2D eigenvalue weighted by atomic mass is 32.2. The number of sulfonamides is 1. The number of benzene rings is 1. The van der Waals surface area contributed by atoms with Crippen LogP contribution in [0, 0.1) is 5.92 Å². The fourth-order valence-corrected chi connectivity index (χ4v) is 3.68. The molecule has 1 aliphatic heterocycles. The number of nitrogens with two attached hydrogens (primary N) is 1. The minimum Gasteiger partial charge on any atom is -0.367 e. The molecule has 0 aromatic heterocycles.